The lowest BCUT2D eigenvalue weighted by atomic mass is 9.95. The van der Waals surface area contributed by atoms with E-state index in [0.29, 0.717) is 35.1 Å². The summed E-state index contributed by atoms with van der Waals surface area (Å²) in [6.07, 6.45) is 2.52. The molecule has 5 aromatic rings. The predicted molar refractivity (Wildman–Crippen MR) is 184 cm³/mol. The van der Waals surface area contributed by atoms with E-state index in [2.05, 4.69) is 21.7 Å². The number of ketones is 1. The first-order chi connectivity index (χ1) is 23.4. The summed E-state index contributed by atoms with van der Waals surface area (Å²) < 4.78 is 10.4. The van der Waals surface area contributed by atoms with E-state index >= 15 is 0 Å². The van der Waals surface area contributed by atoms with Crippen LogP contribution in [0.1, 0.15) is 56.0 Å². The zero-order valence-corrected chi connectivity index (χ0v) is 27.3. The third-order valence-corrected chi connectivity index (χ3v) is 10.4. The maximum Gasteiger partial charge on any atom is 0.346 e. The summed E-state index contributed by atoms with van der Waals surface area (Å²) in [6.45, 7) is 5.54. The molecule has 10 heteroatoms. The van der Waals surface area contributed by atoms with Gasteiger partial charge in [-0.2, -0.15) is 0 Å². The molecule has 0 spiro atoms. The molecule has 2 unspecified atom stereocenters. The number of rotatable bonds is 11. The number of hydrogen-bond acceptors (Lipinski definition) is 9. The average molecular weight is 662 g/mol. The molecule has 0 radical (unpaired) electrons. The zero-order valence-electron chi connectivity index (χ0n) is 26.5. The molecule has 1 fully saturated rings. The van der Waals surface area contributed by atoms with E-state index in [1.165, 1.54) is 11.8 Å². The molecule has 244 valence electrons. The molecule has 4 aromatic carbocycles. The molecule has 0 saturated carbocycles. The van der Waals surface area contributed by atoms with Gasteiger partial charge in [-0.15, -0.1) is 11.8 Å². The monoisotopic (exact) mass is 661 g/mol. The van der Waals surface area contributed by atoms with Gasteiger partial charge in [0.25, 0.3) is 0 Å². The zero-order chi connectivity index (χ0) is 33.2. The van der Waals surface area contributed by atoms with Crippen LogP contribution in [-0.4, -0.2) is 83.1 Å². The summed E-state index contributed by atoms with van der Waals surface area (Å²) in [7, 11) is 0. The van der Waals surface area contributed by atoms with Crippen molar-refractivity contribution in [2.45, 2.75) is 30.3 Å². The van der Waals surface area contributed by atoms with Crippen LogP contribution in [0.25, 0.3) is 21.7 Å². The minimum Gasteiger partial charge on any atom is -0.465 e. The molecule has 48 heavy (non-hydrogen) atoms. The maximum atomic E-state index is 14.1. The number of benzene rings is 4. The topological polar surface area (TPSA) is 109 Å². The van der Waals surface area contributed by atoms with E-state index in [1.807, 2.05) is 66.9 Å². The molecule has 0 aliphatic carbocycles. The summed E-state index contributed by atoms with van der Waals surface area (Å²) in [5.41, 5.74) is 3.34. The number of nitrogens with zero attached hydrogens (tertiary/aromatic N) is 2. The number of piperazine rings is 1. The molecule has 3 heterocycles. The Labute approximate surface area is 282 Å². The number of carbonyl (C=O) groups is 4. The summed E-state index contributed by atoms with van der Waals surface area (Å²) in [6, 6.07) is 26.3. The molecule has 0 bridgehead atoms. The Morgan fingerprint density at radius 3 is 2.31 bits per heavy atom. The van der Waals surface area contributed by atoms with Gasteiger partial charge < -0.3 is 14.5 Å². The summed E-state index contributed by atoms with van der Waals surface area (Å²) >= 11 is 1.32. The second-order valence-electron chi connectivity index (χ2n) is 12.2. The van der Waals surface area contributed by atoms with Crippen molar-refractivity contribution >= 4 is 57.1 Å². The highest BCUT2D eigenvalue weighted by atomic mass is 32.2. The van der Waals surface area contributed by atoms with E-state index in [0.717, 1.165) is 52.9 Å². The fourth-order valence-corrected chi connectivity index (χ4v) is 7.61. The van der Waals surface area contributed by atoms with Crippen molar-refractivity contribution in [1.29, 1.82) is 0 Å². The Balaban J connectivity index is 0.924. The molecule has 1 saturated heterocycles. The fraction of sp³-hybridized carbons (Fsp3) is 0.263. The lowest BCUT2D eigenvalue weighted by Crippen LogP contribution is -2.51. The molecular weight excluding hydrogens is 626 g/mol. The molecule has 0 amide bonds. The highest BCUT2D eigenvalue weighted by molar-refractivity contribution is 8.00. The number of aromatic amines is 1. The molecule has 2 atom stereocenters. The van der Waals surface area contributed by atoms with Gasteiger partial charge in [0.05, 0.1) is 29.5 Å². The predicted octanol–water partition coefficient (Wildman–Crippen LogP) is 6.29. The molecule has 9 nitrogen and oxygen atoms in total. The van der Waals surface area contributed by atoms with Gasteiger partial charge in [0.2, 0.25) is 0 Å². The number of aromatic nitrogens is 1. The lowest BCUT2D eigenvalue weighted by molar-refractivity contribution is -0.140. The van der Waals surface area contributed by atoms with Crippen LogP contribution >= 0.6 is 11.8 Å². The van der Waals surface area contributed by atoms with Gasteiger partial charge in [-0.25, -0.2) is 9.59 Å². The number of H-pyrrole nitrogens is 1. The van der Waals surface area contributed by atoms with Gasteiger partial charge in [0.1, 0.15) is 0 Å². The number of ether oxygens (including phenoxy) is 2. The van der Waals surface area contributed by atoms with E-state index in [-0.39, 0.29) is 29.6 Å². The third kappa shape index (κ3) is 6.26. The number of nitrogens with one attached hydrogen (secondary N) is 1. The lowest BCUT2D eigenvalue weighted by Gasteiger charge is -2.41. The van der Waals surface area contributed by atoms with Crippen molar-refractivity contribution in [1.82, 2.24) is 14.8 Å². The SMILES string of the molecule is CC(CCOC(=O)CSc1ccc2c3c(cccc13)C(=O)OC2=O)N1CCN(C(C(=O)c2c[nH]c3ccccc23)c2ccccc2)CC1. The standard InChI is InChI=1S/C38H35N3O6S/c1-24(16-21-46-33(42)23-48-32-15-14-29-34-27(32)11-7-12-28(34)37(44)47-38(29)45)40-17-19-41(20-18-40)35(25-8-3-2-4-9-25)36(43)30-22-39-31-13-6-5-10-26(30)31/h2-15,22,24,35,39H,16-21,23H2,1H3. The van der Waals surface area contributed by atoms with E-state index in [9.17, 15) is 19.2 Å². The second kappa shape index (κ2) is 13.8. The normalized spacial score (nSPS) is 16.5. The molecule has 2 aliphatic heterocycles. The van der Waals surface area contributed by atoms with Gasteiger partial charge in [0, 0.05) is 65.2 Å². The van der Waals surface area contributed by atoms with Crippen LogP contribution in [0.3, 0.4) is 0 Å². The van der Waals surface area contributed by atoms with Gasteiger partial charge >= 0.3 is 17.9 Å². The Bertz CT molecular complexity index is 2000. The van der Waals surface area contributed by atoms with E-state index in [1.54, 1.807) is 24.3 Å². The number of para-hydroxylation sites is 1. The van der Waals surface area contributed by atoms with Crippen molar-refractivity contribution in [3.8, 4) is 0 Å². The van der Waals surface area contributed by atoms with E-state index < -0.39 is 11.9 Å². The summed E-state index contributed by atoms with van der Waals surface area (Å²) in [4.78, 5) is 59.9. The van der Waals surface area contributed by atoms with Crippen LogP contribution < -0.4 is 0 Å². The molecule has 7 rings (SSSR count). The Hall–Kier alpha value is -4.77. The molecule has 1 N–H and O–H groups in total. The van der Waals surface area contributed by atoms with Crippen molar-refractivity contribution in [3.05, 3.63) is 113 Å². The average Bonchev–Trinajstić information content (AvgIpc) is 3.55. The summed E-state index contributed by atoms with van der Waals surface area (Å²) in [5.74, 6) is -1.45. The van der Waals surface area contributed by atoms with Gasteiger partial charge in [-0.05, 0) is 48.6 Å². The Morgan fingerprint density at radius 1 is 0.833 bits per heavy atom. The van der Waals surface area contributed by atoms with Gasteiger partial charge in [-0.3, -0.25) is 19.4 Å². The molecular formula is C38H35N3O6S. The fourth-order valence-electron chi connectivity index (χ4n) is 6.77. The number of esters is 3. The maximum absolute atomic E-state index is 14.1. The number of fused-ring (bicyclic) bond motifs is 1. The van der Waals surface area contributed by atoms with Crippen LogP contribution in [0.15, 0.2) is 96.0 Å². The van der Waals surface area contributed by atoms with Crippen LogP contribution in [-0.2, 0) is 14.3 Å². The minimum atomic E-state index is -0.662. The number of hydrogen-bond donors (Lipinski definition) is 1. The first kappa shape index (κ1) is 31.8. The minimum absolute atomic E-state index is 0.0912. The van der Waals surface area contributed by atoms with E-state index in [4.69, 9.17) is 9.47 Å². The number of Topliss-reactive ketones (excluding diaryl/α,β-unsaturated/α-hetero) is 1. The van der Waals surface area contributed by atoms with Gasteiger partial charge in [-0.1, -0.05) is 60.7 Å². The first-order valence-electron chi connectivity index (χ1n) is 16.1. The quantitative estimate of drug-likeness (QED) is 0.0757. The Kier molecular flexibility index (Phi) is 9.12. The highest BCUT2D eigenvalue weighted by Gasteiger charge is 2.33. The largest absolute Gasteiger partial charge is 0.465 e. The van der Waals surface area contributed by atoms with Crippen molar-refractivity contribution in [2.75, 3.05) is 38.5 Å². The number of cyclic esters (lactones) is 2. The highest BCUT2D eigenvalue weighted by Crippen LogP contribution is 2.35. The van der Waals surface area contributed by atoms with Crippen molar-refractivity contribution in [3.63, 3.8) is 0 Å². The van der Waals surface area contributed by atoms with Crippen molar-refractivity contribution in [2.24, 2.45) is 0 Å². The van der Waals surface area contributed by atoms with Gasteiger partial charge in [0.15, 0.2) is 5.78 Å². The molecule has 2 aliphatic rings. The second-order valence-corrected chi connectivity index (χ2v) is 13.2. The third-order valence-electron chi connectivity index (χ3n) is 9.33. The van der Waals surface area contributed by atoms with Crippen molar-refractivity contribution < 1.29 is 28.7 Å². The Morgan fingerprint density at radius 2 is 1.52 bits per heavy atom. The smallest absolute Gasteiger partial charge is 0.346 e. The summed E-state index contributed by atoms with van der Waals surface area (Å²) in [5, 5.41) is 2.23. The van der Waals surface area contributed by atoms with Crippen LogP contribution in [0.5, 0.6) is 0 Å². The van der Waals surface area contributed by atoms with Crippen LogP contribution in [0, 0.1) is 0 Å². The molecule has 1 aromatic heterocycles. The first-order valence-corrected chi connectivity index (χ1v) is 17.1. The van der Waals surface area contributed by atoms with Crippen LogP contribution in [0.4, 0.5) is 0 Å². The number of thioether (sulfide) groups is 1. The van der Waals surface area contributed by atoms with Crippen LogP contribution in [0.2, 0.25) is 0 Å². The number of carbonyl (C=O) groups excluding carboxylic acids is 4.